The minimum atomic E-state index is 0.0905. The van der Waals surface area contributed by atoms with E-state index in [-0.39, 0.29) is 5.78 Å². The van der Waals surface area contributed by atoms with Crippen molar-refractivity contribution in [3.8, 4) is 0 Å². The number of aliphatic imine (C=N–C) groups is 1. The highest BCUT2D eigenvalue weighted by Crippen LogP contribution is 2.20. The quantitative estimate of drug-likeness (QED) is 0.800. The van der Waals surface area contributed by atoms with E-state index in [1.807, 2.05) is 24.3 Å². The van der Waals surface area contributed by atoms with Gasteiger partial charge in [0.1, 0.15) is 0 Å². The molecular weight excluding hydrogens is 220 g/mol. The molecule has 1 atom stereocenters. The predicted molar refractivity (Wildman–Crippen MR) is 69.4 cm³/mol. The first-order valence-corrected chi connectivity index (χ1v) is 6.22. The van der Waals surface area contributed by atoms with Crippen molar-refractivity contribution < 1.29 is 4.79 Å². The third-order valence-electron chi connectivity index (χ3n) is 2.34. The number of carbonyl (C=O) groups is 1. The van der Waals surface area contributed by atoms with Gasteiger partial charge in [-0.3, -0.25) is 9.79 Å². The average Bonchev–Trinajstić information content (AvgIpc) is 2.65. The number of anilines is 1. The minimum Gasteiger partial charge on any atom is -0.335 e. The molecule has 0 aromatic heterocycles. The molecule has 0 fully saturated rings. The Morgan fingerprint density at radius 3 is 2.62 bits per heavy atom. The Labute approximate surface area is 99.3 Å². The summed E-state index contributed by atoms with van der Waals surface area (Å²) in [5.74, 6) is 1.13. The molecule has 1 heterocycles. The summed E-state index contributed by atoms with van der Waals surface area (Å²) in [4.78, 5) is 15.5. The number of hydrogen-bond acceptors (Lipinski definition) is 4. The number of Topliss-reactive ketones (excluding diaryl/α,β-unsaturated/α-hetero) is 1. The molecule has 0 radical (unpaired) electrons. The second-order valence-corrected chi connectivity index (χ2v) is 4.86. The van der Waals surface area contributed by atoms with Gasteiger partial charge >= 0.3 is 0 Å². The second-order valence-electron chi connectivity index (χ2n) is 3.85. The number of carbonyl (C=O) groups excluding carboxylic acids is 1. The van der Waals surface area contributed by atoms with Crippen LogP contribution in [0.2, 0.25) is 0 Å². The molecule has 1 aliphatic heterocycles. The van der Waals surface area contributed by atoms with Crippen LogP contribution in [0.5, 0.6) is 0 Å². The molecule has 0 bridgehead atoms. The molecule has 0 aliphatic carbocycles. The zero-order valence-electron chi connectivity index (χ0n) is 9.36. The van der Waals surface area contributed by atoms with E-state index < -0.39 is 0 Å². The van der Waals surface area contributed by atoms with Crippen molar-refractivity contribution in [3.63, 3.8) is 0 Å². The molecule has 1 unspecified atom stereocenters. The number of nitrogens with zero attached hydrogens (tertiary/aromatic N) is 1. The van der Waals surface area contributed by atoms with Gasteiger partial charge in [-0.2, -0.15) is 0 Å². The van der Waals surface area contributed by atoms with E-state index in [1.54, 1.807) is 18.7 Å². The number of thioether (sulfide) groups is 1. The number of amidine groups is 1. The summed E-state index contributed by atoms with van der Waals surface area (Å²) < 4.78 is 0. The normalized spacial score (nSPS) is 19.4. The summed E-state index contributed by atoms with van der Waals surface area (Å²) in [5, 5.41) is 4.20. The van der Waals surface area contributed by atoms with Crippen molar-refractivity contribution >= 4 is 28.4 Å². The Bertz CT molecular complexity index is 425. The largest absolute Gasteiger partial charge is 0.335 e. The molecule has 4 heteroatoms. The van der Waals surface area contributed by atoms with Gasteiger partial charge in [-0.1, -0.05) is 11.8 Å². The van der Waals surface area contributed by atoms with E-state index in [1.165, 1.54) is 0 Å². The van der Waals surface area contributed by atoms with Gasteiger partial charge in [-0.15, -0.1) is 0 Å². The Balaban J connectivity index is 2.05. The van der Waals surface area contributed by atoms with Crippen molar-refractivity contribution in [2.24, 2.45) is 4.99 Å². The van der Waals surface area contributed by atoms with Crippen LogP contribution >= 0.6 is 11.8 Å². The molecule has 1 N–H and O–H groups in total. The van der Waals surface area contributed by atoms with E-state index >= 15 is 0 Å². The molecule has 0 saturated heterocycles. The first-order chi connectivity index (χ1) is 7.65. The SMILES string of the molecule is CC(=O)c1ccc(NC2=NC(C)CS2)cc1. The molecule has 84 valence electrons. The number of rotatable bonds is 2. The lowest BCUT2D eigenvalue weighted by atomic mass is 10.1. The fourth-order valence-electron chi connectivity index (χ4n) is 1.45. The summed E-state index contributed by atoms with van der Waals surface area (Å²) in [6.45, 7) is 3.67. The zero-order valence-corrected chi connectivity index (χ0v) is 10.2. The zero-order chi connectivity index (χ0) is 11.5. The molecule has 0 saturated carbocycles. The van der Waals surface area contributed by atoms with E-state index in [9.17, 15) is 4.79 Å². The van der Waals surface area contributed by atoms with Crippen molar-refractivity contribution in [2.45, 2.75) is 19.9 Å². The molecule has 2 rings (SSSR count). The summed E-state index contributed by atoms with van der Waals surface area (Å²) in [6, 6.07) is 7.86. The Kier molecular flexibility index (Phi) is 3.29. The van der Waals surface area contributed by atoms with Crippen molar-refractivity contribution in [2.75, 3.05) is 11.1 Å². The highest BCUT2D eigenvalue weighted by molar-refractivity contribution is 8.14. The van der Waals surface area contributed by atoms with Gasteiger partial charge in [0.15, 0.2) is 11.0 Å². The van der Waals surface area contributed by atoms with E-state index in [2.05, 4.69) is 17.2 Å². The van der Waals surface area contributed by atoms with Crippen LogP contribution in [0, 0.1) is 0 Å². The van der Waals surface area contributed by atoms with Gasteiger partial charge in [0.25, 0.3) is 0 Å². The third kappa shape index (κ3) is 2.64. The molecule has 3 nitrogen and oxygen atoms in total. The predicted octanol–water partition coefficient (Wildman–Crippen LogP) is 2.79. The second kappa shape index (κ2) is 4.70. The Hall–Kier alpha value is -1.29. The smallest absolute Gasteiger partial charge is 0.161 e. The molecule has 1 aromatic rings. The van der Waals surface area contributed by atoms with E-state index in [0.29, 0.717) is 6.04 Å². The number of benzene rings is 1. The molecule has 1 aromatic carbocycles. The number of hydrogen-bond donors (Lipinski definition) is 1. The highest BCUT2D eigenvalue weighted by Gasteiger charge is 2.13. The van der Waals surface area contributed by atoms with Gasteiger partial charge in [-0.25, -0.2) is 0 Å². The molecular formula is C12H14N2OS. The van der Waals surface area contributed by atoms with Crippen LogP contribution in [0.25, 0.3) is 0 Å². The van der Waals surface area contributed by atoms with Gasteiger partial charge in [0, 0.05) is 17.0 Å². The monoisotopic (exact) mass is 234 g/mol. The lowest BCUT2D eigenvalue weighted by Gasteiger charge is -2.05. The first kappa shape index (κ1) is 11.2. The van der Waals surface area contributed by atoms with Gasteiger partial charge in [0.2, 0.25) is 0 Å². The first-order valence-electron chi connectivity index (χ1n) is 5.24. The average molecular weight is 234 g/mol. The number of nitrogens with one attached hydrogen (secondary N) is 1. The molecule has 1 aliphatic rings. The maximum absolute atomic E-state index is 11.1. The Morgan fingerprint density at radius 2 is 2.12 bits per heavy atom. The lowest BCUT2D eigenvalue weighted by Crippen LogP contribution is -2.05. The van der Waals surface area contributed by atoms with Crippen LogP contribution in [0.4, 0.5) is 5.69 Å². The topological polar surface area (TPSA) is 41.5 Å². The Morgan fingerprint density at radius 1 is 1.44 bits per heavy atom. The maximum atomic E-state index is 11.1. The van der Waals surface area contributed by atoms with E-state index in [0.717, 1.165) is 22.2 Å². The minimum absolute atomic E-state index is 0.0905. The van der Waals surface area contributed by atoms with Crippen molar-refractivity contribution in [1.82, 2.24) is 0 Å². The van der Waals surface area contributed by atoms with Crippen LogP contribution in [-0.4, -0.2) is 22.7 Å². The molecule has 0 spiro atoms. The summed E-state index contributed by atoms with van der Waals surface area (Å²) in [6.07, 6.45) is 0. The third-order valence-corrected chi connectivity index (χ3v) is 3.47. The van der Waals surface area contributed by atoms with Crippen LogP contribution in [0.1, 0.15) is 24.2 Å². The van der Waals surface area contributed by atoms with Gasteiger partial charge < -0.3 is 5.32 Å². The molecule has 16 heavy (non-hydrogen) atoms. The lowest BCUT2D eigenvalue weighted by molar-refractivity contribution is 0.101. The van der Waals surface area contributed by atoms with E-state index in [4.69, 9.17) is 0 Å². The highest BCUT2D eigenvalue weighted by atomic mass is 32.2. The summed E-state index contributed by atoms with van der Waals surface area (Å²) in [5.41, 5.74) is 1.71. The molecule has 0 amide bonds. The number of ketones is 1. The van der Waals surface area contributed by atoms with Crippen molar-refractivity contribution in [3.05, 3.63) is 29.8 Å². The van der Waals surface area contributed by atoms with Crippen LogP contribution in [0.3, 0.4) is 0 Å². The van der Waals surface area contributed by atoms with Crippen molar-refractivity contribution in [1.29, 1.82) is 0 Å². The van der Waals surface area contributed by atoms with Crippen LogP contribution in [0.15, 0.2) is 29.3 Å². The van der Waals surface area contributed by atoms with Crippen LogP contribution in [-0.2, 0) is 0 Å². The summed E-state index contributed by atoms with van der Waals surface area (Å²) in [7, 11) is 0. The maximum Gasteiger partial charge on any atom is 0.161 e. The standard InChI is InChI=1S/C12H14N2OS/c1-8-7-16-12(13-8)14-11-5-3-10(4-6-11)9(2)15/h3-6,8H,7H2,1-2H3,(H,13,14). The fourth-order valence-corrected chi connectivity index (χ4v) is 2.37. The van der Waals surface area contributed by atoms with Gasteiger partial charge in [-0.05, 0) is 38.1 Å². The van der Waals surface area contributed by atoms with Gasteiger partial charge in [0.05, 0.1) is 6.04 Å². The fraction of sp³-hybridized carbons (Fsp3) is 0.333. The van der Waals surface area contributed by atoms with Crippen LogP contribution < -0.4 is 5.32 Å². The summed E-state index contributed by atoms with van der Waals surface area (Å²) >= 11 is 1.73.